The highest BCUT2D eigenvalue weighted by atomic mass is 19.1. The summed E-state index contributed by atoms with van der Waals surface area (Å²) in [5.74, 6) is -0.333. The number of carbonyl (C=O) groups excluding carboxylic acids is 2. The maximum Gasteiger partial charge on any atom is 0.251 e. The Morgan fingerprint density at radius 1 is 1.18 bits per heavy atom. The molecule has 0 fully saturated rings. The second-order valence-electron chi connectivity index (χ2n) is 7.23. The van der Waals surface area contributed by atoms with Crippen LogP contribution in [0.25, 0.3) is 0 Å². The Balaban J connectivity index is 1.69. The van der Waals surface area contributed by atoms with Crippen molar-refractivity contribution in [3.63, 3.8) is 0 Å². The molecule has 148 valence electrons. The van der Waals surface area contributed by atoms with Gasteiger partial charge in [0.05, 0.1) is 6.04 Å². The Labute approximate surface area is 165 Å². The molecule has 6 heteroatoms. The summed E-state index contributed by atoms with van der Waals surface area (Å²) in [6.45, 7) is 2.93. The molecule has 2 amide bonds. The van der Waals surface area contributed by atoms with Gasteiger partial charge in [-0.3, -0.25) is 9.59 Å². The Morgan fingerprint density at radius 3 is 2.54 bits per heavy atom. The second kappa shape index (κ2) is 8.52. The van der Waals surface area contributed by atoms with E-state index in [1.807, 2.05) is 38.1 Å². The molecule has 28 heavy (non-hydrogen) atoms. The van der Waals surface area contributed by atoms with E-state index in [1.165, 1.54) is 12.1 Å². The predicted molar refractivity (Wildman–Crippen MR) is 108 cm³/mol. The van der Waals surface area contributed by atoms with Crippen LogP contribution in [0.4, 0.5) is 10.1 Å². The van der Waals surface area contributed by atoms with E-state index in [4.69, 9.17) is 0 Å². The third kappa shape index (κ3) is 4.22. The first-order chi connectivity index (χ1) is 13.4. The molecule has 2 aromatic carbocycles. The smallest absolute Gasteiger partial charge is 0.251 e. The van der Waals surface area contributed by atoms with E-state index in [2.05, 4.69) is 5.32 Å². The third-order valence-electron chi connectivity index (χ3n) is 5.17. The van der Waals surface area contributed by atoms with Crippen LogP contribution in [-0.2, 0) is 11.2 Å². The molecule has 0 radical (unpaired) electrons. The topological polar surface area (TPSA) is 52.7 Å². The number of nitrogens with one attached hydrogen (secondary N) is 1. The van der Waals surface area contributed by atoms with Gasteiger partial charge in [-0.05, 0) is 62.0 Å². The summed E-state index contributed by atoms with van der Waals surface area (Å²) in [6.07, 6.45) is 1.23. The Hall–Kier alpha value is -2.73. The van der Waals surface area contributed by atoms with Gasteiger partial charge in [0.2, 0.25) is 5.91 Å². The van der Waals surface area contributed by atoms with Crippen LogP contribution in [0, 0.1) is 5.82 Å². The highest BCUT2D eigenvalue weighted by molar-refractivity contribution is 5.98. The molecule has 1 N–H and O–H groups in total. The zero-order chi connectivity index (χ0) is 20.3. The quantitative estimate of drug-likeness (QED) is 0.834. The van der Waals surface area contributed by atoms with Crippen molar-refractivity contribution in [2.45, 2.75) is 25.8 Å². The molecule has 1 aliphatic heterocycles. The summed E-state index contributed by atoms with van der Waals surface area (Å²) in [7, 11) is 3.85. The van der Waals surface area contributed by atoms with Gasteiger partial charge < -0.3 is 15.1 Å². The van der Waals surface area contributed by atoms with Crippen LogP contribution >= 0.6 is 0 Å². The molecule has 0 bridgehead atoms. The van der Waals surface area contributed by atoms with E-state index in [-0.39, 0.29) is 23.7 Å². The third-order valence-corrected chi connectivity index (χ3v) is 5.17. The highest BCUT2D eigenvalue weighted by Crippen LogP contribution is 2.29. The lowest BCUT2D eigenvalue weighted by atomic mass is 10.0. The van der Waals surface area contributed by atoms with Gasteiger partial charge >= 0.3 is 0 Å². The molecule has 2 aromatic rings. The molecule has 0 saturated heterocycles. The molecule has 0 aromatic heterocycles. The zero-order valence-electron chi connectivity index (χ0n) is 16.5. The molecule has 5 nitrogen and oxygen atoms in total. The Morgan fingerprint density at radius 2 is 1.89 bits per heavy atom. The number of likely N-dealkylation sites (N-methyl/N-ethyl adjacent to an activating group) is 1. The van der Waals surface area contributed by atoms with Crippen LogP contribution in [0.1, 0.15) is 40.9 Å². The molecule has 1 aliphatic rings. The van der Waals surface area contributed by atoms with Crippen molar-refractivity contribution >= 4 is 17.5 Å². The molecule has 3 rings (SSSR count). The predicted octanol–water partition coefficient (Wildman–Crippen LogP) is 3.16. The van der Waals surface area contributed by atoms with Gasteiger partial charge in [-0.15, -0.1) is 0 Å². The van der Waals surface area contributed by atoms with Crippen molar-refractivity contribution in [2.24, 2.45) is 0 Å². The van der Waals surface area contributed by atoms with E-state index < -0.39 is 0 Å². The van der Waals surface area contributed by atoms with Gasteiger partial charge in [-0.2, -0.15) is 0 Å². The number of amides is 2. The minimum atomic E-state index is -0.279. The molecule has 1 heterocycles. The zero-order valence-corrected chi connectivity index (χ0v) is 16.5. The van der Waals surface area contributed by atoms with Gasteiger partial charge in [0.25, 0.3) is 5.91 Å². The minimum absolute atomic E-state index is 0.0587. The standard InChI is InChI=1S/C22H26FN3O2/c1-4-21(27)26-12-11-16-13-17(7-10-19(16)26)22(28)24-14-20(25(2)3)15-5-8-18(23)9-6-15/h5-10,13,20H,4,11-12,14H2,1-3H3,(H,24,28). The number of nitrogens with zero attached hydrogens (tertiary/aromatic N) is 2. The lowest BCUT2D eigenvalue weighted by Gasteiger charge is -2.25. The summed E-state index contributed by atoms with van der Waals surface area (Å²) in [6, 6.07) is 11.8. The molecular formula is C22H26FN3O2. The van der Waals surface area contributed by atoms with Crippen molar-refractivity contribution in [1.82, 2.24) is 10.2 Å². The van der Waals surface area contributed by atoms with Crippen molar-refractivity contribution in [3.05, 3.63) is 65.0 Å². The highest BCUT2D eigenvalue weighted by Gasteiger charge is 2.24. The number of rotatable bonds is 6. The van der Waals surface area contributed by atoms with E-state index in [1.54, 1.807) is 23.1 Å². The van der Waals surface area contributed by atoms with Crippen molar-refractivity contribution in [3.8, 4) is 0 Å². The molecule has 1 unspecified atom stereocenters. The van der Waals surface area contributed by atoms with Crippen LogP contribution in [0.5, 0.6) is 0 Å². The first-order valence-corrected chi connectivity index (χ1v) is 9.54. The van der Waals surface area contributed by atoms with Gasteiger partial charge in [0.1, 0.15) is 5.82 Å². The van der Waals surface area contributed by atoms with Crippen LogP contribution < -0.4 is 10.2 Å². The van der Waals surface area contributed by atoms with E-state index in [0.717, 1.165) is 23.2 Å². The normalized spacial score (nSPS) is 14.1. The lowest BCUT2D eigenvalue weighted by Crippen LogP contribution is -2.34. The molecule has 1 atom stereocenters. The average Bonchev–Trinajstić information content (AvgIpc) is 3.11. The maximum atomic E-state index is 13.2. The maximum absolute atomic E-state index is 13.2. The average molecular weight is 383 g/mol. The number of carbonyl (C=O) groups is 2. The van der Waals surface area contributed by atoms with E-state index in [0.29, 0.717) is 25.1 Å². The molecule has 0 saturated carbocycles. The second-order valence-corrected chi connectivity index (χ2v) is 7.23. The number of anilines is 1. The molecular weight excluding hydrogens is 357 g/mol. The van der Waals surface area contributed by atoms with E-state index in [9.17, 15) is 14.0 Å². The monoisotopic (exact) mass is 383 g/mol. The summed E-state index contributed by atoms with van der Waals surface area (Å²) in [5.41, 5.74) is 3.45. The Bertz CT molecular complexity index is 865. The Kier molecular flexibility index (Phi) is 6.09. The van der Waals surface area contributed by atoms with Crippen molar-refractivity contribution in [2.75, 3.05) is 32.1 Å². The first kappa shape index (κ1) is 20.0. The van der Waals surface area contributed by atoms with Gasteiger partial charge in [-0.25, -0.2) is 4.39 Å². The van der Waals surface area contributed by atoms with Crippen molar-refractivity contribution < 1.29 is 14.0 Å². The largest absolute Gasteiger partial charge is 0.350 e. The summed E-state index contributed by atoms with van der Waals surface area (Å²) in [5, 5.41) is 2.97. The number of fused-ring (bicyclic) bond motifs is 1. The summed E-state index contributed by atoms with van der Waals surface area (Å²) < 4.78 is 13.2. The number of hydrogen-bond acceptors (Lipinski definition) is 3. The van der Waals surface area contributed by atoms with Crippen LogP contribution in [-0.4, -0.2) is 43.9 Å². The summed E-state index contributed by atoms with van der Waals surface area (Å²) in [4.78, 5) is 28.4. The van der Waals surface area contributed by atoms with Gasteiger partial charge in [0.15, 0.2) is 0 Å². The minimum Gasteiger partial charge on any atom is -0.350 e. The summed E-state index contributed by atoms with van der Waals surface area (Å²) >= 11 is 0. The molecule has 0 aliphatic carbocycles. The van der Waals surface area contributed by atoms with Gasteiger partial charge in [0, 0.05) is 30.8 Å². The fraction of sp³-hybridized carbons (Fsp3) is 0.364. The number of benzene rings is 2. The number of halogens is 1. The first-order valence-electron chi connectivity index (χ1n) is 9.54. The molecule has 0 spiro atoms. The number of hydrogen-bond donors (Lipinski definition) is 1. The van der Waals surface area contributed by atoms with Gasteiger partial charge in [-0.1, -0.05) is 19.1 Å². The van der Waals surface area contributed by atoms with Crippen LogP contribution in [0.15, 0.2) is 42.5 Å². The van der Waals surface area contributed by atoms with E-state index >= 15 is 0 Å². The SMILES string of the molecule is CCC(=O)N1CCc2cc(C(=O)NCC(c3ccc(F)cc3)N(C)C)ccc21. The fourth-order valence-electron chi connectivity index (χ4n) is 3.57. The lowest BCUT2D eigenvalue weighted by molar-refractivity contribution is -0.118. The van der Waals surface area contributed by atoms with Crippen molar-refractivity contribution in [1.29, 1.82) is 0 Å². The fourth-order valence-corrected chi connectivity index (χ4v) is 3.57. The van der Waals surface area contributed by atoms with Crippen LogP contribution in [0.3, 0.4) is 0 Å². The van der Waals surface area contributed by atoms with Crippen LogP contribution in [0.2, 0.25) is 0 Å².